The third kappa shape index (κ3) is 2.68. The molecular weight excluding hydrogens is 362 g/mol. The molecule has 8 nitrogen and oxygen atoms in total. The van der Waals surface area contributed by atoms with E-state index in [1.165, 1.54) is 4.90 Å². The number of amides is 3. The minimum Gasteiger partial charge on any atom is -0.394 e. The van der Waals surface area contributed by atoms with Crippen molar-refractivity contribution in [3.63, 3.8) is 0 Å². The van der Waals surface area contributed by atoms with Gasteiger partial charge in [-0.15, -0.1) is 0 Å². The van der Waals surface area contributed by atoms with E-state index in [-0.39, 0.29) is 30.4 Å². The first-order valence-corrected chi connectivity index (χ1v) is 10.4. The Labute approximate surface area is 166 Å². The molecule has 8 heteroatoms. The van der Waals surface area contributed by atoms with Crippen molar-refractivity contribution in [1.29, 1.82) is 0 Å². The highest BCUT2D eigenvalue weighted by atomic mass is 16.5. The Morgan fingerprint density at radius 1 is 1.29 bits per heavy atom. The first-order chi connectivity index (χ1) is 13.2. The van der Waals surface area contributed by atoms with Crippen LogP contribution < -0.4 is 10.6 Å². The molecule has 3 rings (SSSR count). The van der Waals surface area contributed by atoms with Crippen LogP contribution in [-0.4, -0.2) is 70.7 Å². The number of hydrogen-bond acceptors (Lipinski definition) is 5. The Balaban J connectivity index is 2.13. The number of nitrogens with zero attached hydrogens (tertiary/aromatic N) is 1. The van der Waals surface area contributed by atoms with Crippen molar-refractivity contribution in [2.45, 2.75) is 82.7 Å². The van der Waals surface area contributed by atoms with Gasteiger partial charge in [-0.1, -0.05) is 13.8 Å². The number of aliphatic hydroxyl groups is 1. The van der Waals surface area contributed by atoms with Gasteiger partial charge in [0.2, 0.25) is 17.7 Å². The average molecular weight is 396 g/mol. The molecule has 3 aliphatic heterocycles. The third-order valence-corrected chi connectivity index (χ3v) is 6.90. The fourth-order valence-electron chi connectivity index (χ4n) is 5.68. The lowest BCUT2D eigenvalue weighted by molar-refractivity contribution is -0.151. The van der Waals surface area contributed by atoms with E-state index in [4.69, 9.17) is 4.74 Å². The van der Waals surface area contributed by atoms with Crippen LogP contribution in [0, 0.1) is 11.8 Å². The number of aliphatic hydroxyl groups excluding tert-OH is 1. The number of hydrogen-bond donors (Lipinski definition) is 3. The van der Waals surface area contributed by atoms with Gasteiger partial charge in [-0.25, -0.2) is 0 Å². The Bertz CT molecular complexity index is 664. The largest absolute Gasteiger partial charge is 0.394 e. The minimum absolute atomic E-state index is 0.0948. The maximum atomic E-state index is 13.6. The lowest BCUT2D eigenvalue weighted by Crippen LogP contribution is -2.58. The quantitative estimate of drug-likeness (QED) is 0.570. The highest BCUT2D eigenvalue weighted by molar-refractivity contribution is 5.99. The molecule has 3 amide bonds. The Morgan fingerprint density at radius 2 is 1.96 bits per heavy atom. The minimum atomic E-state index is -1.02. The third-order valence-electron chi connectivity index (χ3n) is 6.90. The van der Waals surface area contributed by atoms with E-state index in [0.717, 1.165) is 0 Å². The summed E-state index contributed by atoms with van der Waals surface area (Å²) in [5, 5.41) is 15.5. The van der Waals surface area contributed by atoms with E-state index >= 15 is 0 Å². The lowest BCUT2D eigenvalue weighted by Gasteiger charge is -2.37. The second-order valence-electron chi connectivity index (χ2n) is 8.60. The van der Waals surface area contributed by atoms with Crippen LogP contribution in [0.25, 0.3) is 0 Å². The predicted octanol–water partition coefficient (Wildman–Crippen LogP) is 0.183. The lowest BCUT2D eigenvalue weighted by atomic mass is 9.65. The van der Waals surface area contributed by atoms with Gasteiger partial charge in [0.25, 0.3) is 0 Å². The standard InChI is InChI=1S/C20H33N3O5/c1-6-12(10-24)23-15(17(26)22-11(3)4)20-9-8-19(7-2,28-20)13(16(25)21-5)14(20)18(23)27/h11-15,24H,6-10H2,1-5H3,(H,21,25)(H,22,26)/t12-,13+,14-,15?,19-,20?/m0/s1. The Kier molecular flexibility index (Phi) is 5.49. The SMILES string of the molecule is CC[C@@H](CO)N1C(=O)[C@@H]2[C@H](C(=O)NC)[C@]3(CC)CCC2(O3)C1C(=O)NC(C)C. The van der Waals surface area contributed by atoms with Gasteiger partial charge in [0.15, 0.2) is 0 Å². The van der Waals surface area contributed by atoms with Gasteiger partial charge in [-0.05, 0) is 39.5 Å². The summed E-state index contributed by atoms with van der Waals surface area (Å²) < 4.78 is 6.55. The number of carbonyl (C=O) groups excluding carboxylic acids is 3. The second kappa shape index (κ2) is 7.30. The van der Waals surface area contributed by atoms with Crippen molar-refractivity contribution in [3.8, 4) is 0 Å². The van der Waals surface area contributed by atoms with Gasteiger partial charge in [0.1, 0.15) is 11.6 Å². The summed E-state index contributed by atoms with van der Waals surface area (Å²) in [4.78, 5) is 41.2. The smallest absolute Gasteiger partial charge is 0.246 e. The van der Waals surface area contributed by atoms with Crippen LogP contribution in [0.1, 0.15) is 53.4 Å². The summed E-state index contributed by atoms with van der Waals surface area (Å²) in [7, 11) is 1.56. The van der Waals surface area contributed by atoms with Gasteiger partial charge < -0.3 is 25.4 Å². The van der Waals surface area contributed by atoms with E-state index in [2.05, 4.69) is 10.6 Å². The van der Waals surface area contributed by atoms with Crippen LogP contribution in [-0.2, 0) is 19.1 Å². The van der Waals surface area contributed by atoms with E-state index < -0.39 is 35.1 Å². The van der Waals surface area contributed by atoms with E-state index in [0.29, 0.717) is 25.7 Å². The molecule has 3 fully saturated rings. The van der Waals surface area contributed by atoms with Crippen LogP contribution in [0.4, 0.5) is 0 Å². The fourth-order valence-corrected chi connectivity index (χ4v) is 5.68. The summed E-state index contributed by atoms with van der Waals surface area (Å²) in [5.74, 6) is -2.08. The maximum Gasteiger partial charge on any atom is 0.246 e. The normalized spacial score (nSPS) is 37.3. The van der Waals surface area contributed by atoms with Gasteiger partial charge in [-0.3, -0.25) is 14.4 Å². The van der Waals surface area contributed by atoms with E-state index in [1.807, 2.05) is 27.7 Å². The molecule has 0 aromatic heterocycles. The number of rotatable bonds is 7. The first-order valence-electron chi connectivity index (χ1n) is 10.4. The second-order valence-corrected chi connectivity index (χ2v) is 8.60. The Morgan fingerprint density at radius 3 is 2.46 bits per heavy atom. The van der Waals surface area contributed by atoms with Crippen molar-refractivity contribution >= 4 is 17.7 Å². The molecule has 0 radical (unpaired) electrons. The molecule has 6 atom stereocenters. The molecule has 3 aliphatic rings. The molecule has 28 heavy (non-hydrogen) atoms. The van der Waals surface area contributed by atoms with Crippen molar-refractivity contribution in [2.75, 3.05) is 13.7 Å². The van der Waals surface area contributed by atoms with Crippen molar-refractivity contribution in [2.24, 2.45) is 11.8 Å². The molecule has 3 N–H and O–H groups in total. The molecule has 3 heterocycles. The van der Waals surface area contributed by atoms with Crippen LogP contribution >= 0.6 is 0 Å². The molecule has 2 bridgehead atoms. The zero-order valence-corrected chi connectivity index (χ0v) is 17.4. The molecule has 0 aliphatic carbocycles. The summed E-state index contributed by atoms with van der Waals surface area (Å²) in [6, 6.07) is -1.42. The molecule has 3 saturated heterocycles. The van der Waals surface area contributed by atoms with Crippen molar-refractivity contribution in [1.82, 2.24) is 15.5 Å². The monoisotopic (exact) mass is 395 g/mol. The number of ether oxygens (including phenoxy) is 1. The molecule has 0 aromatic carbocycles. The summed E-state index contributed by atoms with van der Waals surface area (Å²) in [6.07, 6.45) is 2.31. The number of likely N-dealkylation sites (tertiary alicyclic amines) is 1. The molecule has 0 aromatic rings. The number of fused-ring (bicyclic) bond motifs is 1. The van der Waals surface area contributed by atoms with Crippen LogP contribution in [0.3, 0.4) is 0 Å². The molecule has 1 spiro atoms. The van der Waals surface area contributed by atoms with Crippen molar-refractivity contribution < 1.29 is 24.2 Å². The fraction of sp³-hybridized carbons (Fsp3) is 0.850. The molecule has 158 valence electrons. The predicted molar refractivity (Wildman–Crippen MR) is 102 cm³/mol. The molecular formula is C20H33N3O5. The summed E-state index contributed by atoms with van der Waals surface area (Å²) >= 11 is 0. The first kappa shape index (κ1) is 21.0. The number of nitrogens with one attached hydrogen (secondary N) is 2. The zero-order chi connectivity index (χ0) is 20.9. The van der Waals surface area contributed by atoms with Gasteiger partial charge in [0, 0.05) is 13.1 Å². The topological polar surface area (TPSA) is 108 Å². The number of carbonyl (C=O) groups is 3. The van der Waals surface area contributed by atoms with Crippen LogP contribution in [0.2, 0.25) is 0 Å². The van der Waals surface area contributed by atoms with Crippen LogP contribution in [0.5, 0.6) is 0 Å². The maximum absolute atomic E-state index is 13.6. The highest BCUT2D eigenvalue weighted by Crippen LogP contribution is 2.64. The van der Waals surface area contributed by atoms with Gasteiger partial charge in [0.05, 0.1) is 30.1 Å². The van der Waals surface area contributed by atoms with Gasteiger partial charge >= 0.3 is 0 Å². The van der Waals surface area contributed by atoms with E-state index in [9.17, 15) is 19.5 Å². The van der Waals surface area contributed by atoms with E-state index in [1.54, 1.807) is 7.05 Å². The molecule has 2 unspecified atom stereocenters. The van der Waals surface area contributed by atoms with Crippen LogP contribution in [0.15, 0.2) is 0 Å². The summed E-state index contributed by atoms with van der Waals surface area (Å²) in [5.41, 5.74) is -1.74. The zero-order valence-electron chi connectivity index (χ0n) is 17.4. The average Bonchev–Trinajstić information content (AvgIpc) is 3.26. The molecule has 0 saturated carbocycles. The van der Waals surface area contributed by atoms with Gasteiger partial charge in [-0.2, -0.15) is 0 Å². The highest BCUT2D eigenvalue weighted by Gasteiger charge is 2.78. The van der Waals surface area contributed by atoms with Crippen molar-refractivity contribution in [3.05, 3.63) is 0 Å². The summed E-state index contributed by atoms with van der Waals surface area (Å²) in [6.45, 7) is 7.33. The Hall–Kier alpha value is -1.67.